The summed E-state index contributed by atoms with van der Waals surface area (Å²) in [7, 11) is 0. The van der Waals surface area contributed by atoms with Crippen LogP contribution in [0, 0.1) is 0 Å². The van der Waals surface area contributed by atoms with Crippen molar-refractivity contribution < 1.29 is 0 Å². The molecule has 0 amide bonds. The van der Waals surface area contributed by atoms with Crippen molar-refractivity contribution in [2.24, 2.45) is 5.11 Å². The molecule has 5 nitrogen and oxygen atoms in total. The highest BCUT2D eigenvalue weighted by atomic mass is 15.2. The fraction of sp³-hybridized carbons (Fsp3) is 0.667. The summed E-state index contributed by atoms with van der Waals surface area (Å²) in [6.07, 6.45) is 7.86. The lowest BCUT2D eigenvalue weighted by molar-refractivity contribution is 0.748. The molecule has 0 atom stereocenters. The molecule has 17 heavy (non-hydrogen) atoms. The summed E-state index contributed by atoms with van der Waals surface area (Å²) in [5.74, 6) is 0.453. The van der Waals surface area contributed by atoms with Gasteiger partial charge in [0.2, 0.25) is 0 Å². The fourth-order valence-electron chi connectivity index (χ4n) is 1.56. The summed E-state index contributed by atoms with van der Waals surface area (Å²) in [4.78, 5) is 11.5. The van der Waals surface area contributed by atoms with E-state index in [0.717, 1.165) is 49.9 Å². The van der Waals surface area contributed by atoms with E-state index in [9.17, 15) is 0 Å². The molecule has 0 saturated heterocycles. The Balaban J connectivity index is 2.87. The normalized spacial score (nSPS) is 10.0. The molecule has 0 N–H and O–H groups in total. The molecule has 1 aromatic rings. The first kappa shape index (κ1) is 13.5. The van der Waals surface area contributed by atoms with Crippen molar-refractivity contribution in [2.75, 3.05) is 0 Å². The zero-order valence-electron chi connectivity index (χ0n) is 10.6. The van der Waals surface area contributed by atoms with Gasteiger partial charge >= 0.3 is 0 Å². The van der Waals surface area contributed by atoms with Crippen molar-refractivity contribution in [1.29, 1.82) is 0 Å². The van der Waals surface area contributed by atoms with E-state index in [-0.39, 0.29) is 0 Å². The number of hydrogen-bond acceptors (Lipinski definition) is 3. The Bertz CT molecular complexity index is 396. The van der Waals surface area contributed by atoms with Gasteiger partial charge in [-0.2, -0.15) is 0 Å². The van der Waals surface area contributed by atoms with Crippen molar-refractivity contribution in [3.63, 3.8) is 0 Å². The van der Waals surface area contributed by atoms with Crippen molar-refractivity contribution in [3.8, 4) is 0 Å². The summed E-state index contributed by atoms with van der Waals surface area (Å²) < 4.78 is 0. The number of aryl methyl sites for hydroxylation is 2. The first-order chi connectivity index (χ1) is 8.31. The average Bonchev–Trinajstić information content (AvgIpc) is 2.35. The molecule has 0 aliphatic carbocycles. The van der Waals surface area contributed by atoms with Crippen molar-refractivity contribution in [2.45, 2.75) is 52.4 Å². The Morgan fingerprint density at radius 2 is 1.94 bits per heavy atom. The van der Waals surface area contributed by atoms with Crippen LogP contribution in [0.5, 0.6) is 0 Å². The maximum Gasteiger partial charge on any atom is 0.148 e. The second kappa shape index (κ2) is 7.63. The molecule has 0 unspecified atom stereocenters. The standard InChI is InChI=1S/C12H19N5/c1-3-5-7-10-9-14-11(8-6-4-2)12(15-10)16-17-13/h9H,3-8H2,1-2H3. The molecule has 0 bridgehead atoms. The second-order valence-electron chi connectivity index (χ2n) is 4.03. The van der Waals surface area contributed by atoms with Gasteiger partial charge in [0, 0.05) is 11.1 Å². The van der Waals surface area contributed by atoms with E-state index in [4.69, 9.17) is 5.53 Å². The van der Waals surface area contributed by atoms with Gasteiger partial charge in [-0.3, -0.25) is 4.98 Å². The molecule has 1 rings (SSSR count). The third kappa shape index (κ3) is 4.41. The van der Waals surface area contributed by atoms with E-state index in [2.05, 4.69) is 33.8 Å². The lowest BCUT2D eigenvalue weighted by atomic mass is 10.2. The molecule has 1 aromatic heterocycles. The number of hydrogen-bond donors (Lipinski definition) is 0. The number of nitrogens with zero attached hydrogens (tertiary/aromatic N) is 5. The molecule has 0 aromatic carbocycles. The summed E-state index contributed by atoms with van der Waals surface area (Å²) >= 11 is 0. The van der Waals surface area contributed by atoms with Gasteiger partial charge in [-0.15, -0.1) is 0 Å². The molecule has 0 saturated carbocycles. The van der Waals surface area contributed by atoms with Gasteiger partial charge in [0.05, 0.1) is 11.4 Å². The second-order valence-corrected chi connectivity index (χ2v) is 4.03. The van der Waals surface area contributed by atoms with Gasteiger partial charge in [-0.1, -0.05) is 26.7 Å². The van der Waals surface area contributed by atoms with Gasteiger partial charge < -0.3 is 0 Å². The van der Waals surface area contributed by atoms with Gasteiger partial charge in [0.15, 0.2) is 0 Å². The fourth-order valence-corrected chi connectivity index (χ4v) is 1.56. The average molecular weight is 233 g/mol. The lowest BCUT2D eigenvalue weighted by Gasteiger charge is -2.05. The van der Waals surface area contributed by atoms with Gasteiger partial charge in [0.1, 0.15) is 5.82 Å². The quantitative estimate of drug-likeness (QED) is 0.404. The van der Waals surface area contributed by atoms with Crippen LogP contribution in [0.3, 0.4) is 0 Å². The molecular formula is C12H19N5. The van der Waals surface area contributed by atoms with E-state index >= 15 is 0 Å². The van der Waals surface area contributed by atoms with E-state index in [1.807, 2.05) is 0 Å². The monoisotopic (exact) mass is 233 g/mol. The summed E-state index contributed by atoms with van der Waals surface area (Å²) in [5, 5.41) is 3.64. The first-order valence-electron chi connectivity index (χ1n) is 6.21. The third-order valence-corrected chi connectivity index (χ3v) is 2.57. The van der Waals surface area contributed by atoms with Crippen molar-refractivity contribution >= 4 is 5.82 Å². The van der Waals surface area contributed by atoms with Gasteiger partial charge in [-0.05, 0) is 36.3 Å². The smallest absolute Gasteiger partial charge is 0.148 e. The minimum absolute atomic E-state index is 0.453. The molecule has 5 heteroatoms. The minimum Gasteiger partial charge on any atom is -0.257 e. The number of unbranched alkanes of at least 4 members (excludes halogenated alkanes) is 2. The van der Waals surface area contributed by atoms with Crippen molar-refractivity contribution in [3.05, 3.63) is 28.0 Å². The van der Waals surface area contributed by atoms with Crippen LogP contribution in [0.2, 0.25) is 0 Å². The molecule has 92 valence electrons. The SMILES string of the molecule is CCCCc1cnc(CCCC)c(N=[N+]=[N-])n1. The Hall–Kier alpha value is -1.61. The summed E-state index contributed by atoms with van der Waals surface area (Å²) in [6.45, 7) is 4.26. The molecular weight excluding hydrogens is 214 g/mol. The molecule has 0 radical (unpaired) electrons. The number of aromatic nitrogens is 2. The van der Waals surface area contributed by atoms with Crippen LogP contribution >= 0.6 is 0 Å². The van der Waals surface area contributed by atoms with E-state index < -0.39 is 0 Å². The third-order valence-electron chi connectivity index (χ3n) is 2.57. The predicted molar refractivity (Wildman–Crippen MR) is 68.1 cm³/mol. The first-order valence-corrected chi connectivity index (χ1v) is 6.21. The van der Waals surface area contributed by atoms with Crippen LogP contribution in [-0.4, -0.2) is 9.97 Å². The summed E-state index contributed by atoms with van der Waals surface area (Å²) in [5.41, 5.74) is 10.2. The Morgan fingerprint density at radius 1 is 1.24 bits per heavy atom. The molecule has 1 heterocycles. The van der Waals surface area contributed by atoms with Crippen LogP contribution < -0.4 is 0 Å². The zero-order chi connectivity index (χ0) is 12.5. The highest BCUT2D eigenvalue weighted by Crippen LogP contribution is 2.17. The minimum atomic E-state index is 0.453. The molecule has 0 fully saturated rings. The Kier molecular flexibility index (Phi) is 6.04. The van der Waals surface area contributed by atoms with E-state index in [1.165, 1.54) is 0 Å². The highest BCUT2D eigenvalue weighted by molar-refractivity contribution is 5.34. The van der Waals surface area contributed by atoms with Gasteiger partial charge in [-0.25, -0.2) is 4.98 Å². The van der Waals surface area contributed by atoms with Crippen LogP contribution in [0.15, 0.2) is 11.3 Å². The van der Waals surface area contributed by atoms with Crippen LogP contribution in [0.25, 0.3) is 10.4 Å². The molecule has 0 aliphatic heterocycles. The van der Waals surface area contributed by atoms with Crippen LogP contribution in [0.4, 0.5) is 5.82 Å². The predicted octanol–water partition coefficient (Wildman–Crippen LogP) is 4.10. The zero-order valence-corrected chi connectivity index (χ0v) is 10.6. The van der Waals surface area contributed by atoms with Crippen LogP contribution in [-0.2, 0) is 12.8 Å². The summed E-state index contributed by atoms with van der Waals surface area (Å²) in [6, 6.07) is 0. The lowest BCUT2D eigenvalue weighted by Crippen LogP contribution is -1.98. The van der Waals surface area contributed by atoms with Crippen LogP contribution in [0.1, 0.15) is 50.9 Å². The van der Waals surface area contributed by atoms with E-state index in [1.54, 1.807) is 6.20 Å². The van der Waals surface area contributed by atoms with Crippen molar-refractivity contribution in [1.82, 2.24) is 9.97 Å². The molecule has 0 spiro atoms. The maximum absolute atomic E-state index is 8.53. The van der Waals surface area contributed by atoms with E-state index in [0.29, 0.717) is 5.82 Å². The highest BCUT2D eigenvalue weighted by Gasteiger charge is 2.05. The number of azide groups is 1. The Labute approximate surface area is 102 Å². The molecule has 0 aliphatic rings. The number of rotatable bonds is 7. The van der Waals surface area contributed by atoms with Gasteiger partial charge in [0.25, 0.3) is 0 Å². The largest absolute Gasteiger partial charge is 0.257 e. The Morgan fingerprint density at radius 3 is 2.59 bits per heavy atom. The topological polar surface area (TPSA) is 74.5 Å². The maximum atomic E-state index is 8.53.